The lowest BCUT2D eigenvalue weighted by molar-refractivity contribution is 0.0995. The second-order valence-electron chi connectivity index (χ2n) is 4.51. The summed E-state index contributed by atoms with van der Waals surface area (Å²) in [7, 11) is 0. The van der Waals surface area contributed by atoms with Gasteiger partial charge < -0.3 is 4.90 Å². The van der Waals surface area contributed by atoms with Crippen LogP contribution in [0.3, 0.4) is 0 Å². The Kier molecular flexibility index (Phi) is 4.62. The van der Waals surface area contributed by atoms with E-state index in [4.69, 9.17) is 0 Å². The summed E-state index contributed by atoms with van der Waals surface area (Å²) in [5.41, 5.74) is -0.0741. The zero-order valence-corrected chi connectivity index (χ0v) is 11.4. The number of anilines is 1. The summed E-state index contributed by atoms with van der Waals surface area (Å²) in [6.07, 6.45) is 0. The molecule has 0 N–H and O–H groups in total. The highest BCUT2D eigenvalue weighted by atomic mass is 19.1. The Hall–Kier alpha value is -2.30. The van der Waals surface area contributed by atoms with Crippen molar-refractivity contribution < 1.29 is 18.0 Å². The predicted molar refractivity (Wildman–Crippen MR) is 75.0 cm³/mol. The quantitative estimate of drug-likeness (QED) is 0.781. The van der Waals surface area contributed by atoms with Gasteiger partial charge in [0.15, 0.2) is 5.78 Å². The predicted octanol–water partition coefficient (Wildman–Crippen LogP) is 3.81. The Morgan fingerprint density at radius 2 is 1.76 bits per heavy atom. The molecule has 0 aromatic heterocycles. The van der Waals surface area contributed by atoms with E-state index in [0.717, 1.165) is 18.2 Å². The first-order valence-corrected chi connectivity index (χ1v) is 6.50. The van der Waals surface area contributed by atoms with Gasteiger partial charge in [0.1, 0.15) is 17.5 Å². The third-order valence-corrected chi connectivity index (χ3v) is 3.14. The zero-order chi connectivity index (χ0) is 15.4. The fourth-order valence-electron chi connectivity index (χ4n) is 2.05. The van der Waals surface area contributed by atoms with E-state index in [1.807, 2.05) is 0 Å². The number of Topliss-reactive ketones (excluding diaryl/α,β-unsaturated/α-hetero) is 1. The van der Waals surface area contributed by atoms with Crippen LogP contribution in [-0.2, 0) is 0 Å². The molecule has 0 heterocycles. The van der Waals surface area contributed by atoms with Gasteiger partial charge in [-0.1, -0.05) is 12.1 Å². The highest BCUT2D eigenvalue weighted by molar-refractivity contribution is 5.99. The van der Waals surface area contributed by atoms with Gasteiger partial charge in [0, 0.05) is 6.54 Å². The third-order valence-electron chi connectivity index (χ3n) is 3.14. The van der Waals surface area contributed by atoms with Gasteiger partial charge in [-0.2, -0.15) is 0 Å². The average molecular weight is 293 g/mol. The lowest BCUT2D eigenvalue weighted by Crippen LogP contribution is -2.30. The topological polar surface area (TPSA) is 20.3 Å². The van der Waals surface area contributed by atoms with E-state index in [1.165, 1.54) is 17.0 Å². The molecule has 2 rings (SSSR count). The molecule has 0 atom stereocenters. The number of hydrogen-bond acceptors (Lipinski definition) is 2. The minimum Gasteiger partial charge on any atom is -0.362 e. The van der Waals surface area contributed by atoms with Crippen LogP contribution in [0.2, 0.25) is 0 Å². The Bertz CT molecular complexity index is 658. The van der Waals surface area contributed by atoms with Crippen LogP contribution in [0.15, 0.2) is 42.5 Å². The molecule has 0 radical (unpaired) electrons. The summed E-state index contributed by atoms with van der Waals surface area (Å²) < 4.78 is 40.4. The number of halogens is 3. The zero-order valence-electron chi connectivity index (χ0n) is 11.4. The summed E-state index contributed by atoms with van der Waals surface area (Å²) in [5.74, 6) is -2.54. The van der Waals surface area contributed by atoms with Gasteiger partial charge in [0.25, 0.3) is 0 Å². The van der Waals surface area contributed by atoms with E-state index in [1.54, 1.807) is 19.1 Å². The number of rotatable bonds is 5. The monoisotopic (exact) mass is 293 g/mol. The minimum absolute atomic E-state index is 0.224. The van der Waals surface area contributed by atoms with E-state index in [9.17, 15) is 18.0 Å². The van der Waals surface area contributed by atoms with Crippen LogP contribution in [0.1, 0.15) is 17.3 Å². The number of carbonyl (C=O) groups excluding carboxylic acids is 1. The van der Waals surface area contributed by atoms with Crippen molar-refractivity contribution in [2.24, 2.45) is 0 Å². The first-order chi connectivity index (χ1) is 10.0. The Morgan fingerprint density at radius 3 is 2.43 bits per heavy atom. The summed E-state index contributed by atoms with van der Waals surface area (Å²) in [5, 5.41) is 0. The van der Waals surface area contributed by atoms with E-state index in [-0.39, 0.29) is 17.8 Å². The lowest BCUT2D eigenvalue weighted by Gasteiger charge is -2.22. The summed E-state index contributed by atoms with van der Waals surface area (Å²) in [4.78, 5) is 13.6. The van der Waals surface area contributed by atoms with Crippen molar-refractivity contribution in [3.63, 3.8) is 0 Å². The van der Waals surface area contributed by atoms with Crippen LogP contribution in [0.4, 0.5) is 18.9 Å². The smallest absolute Gasteiger partial charge is 0.185 e. The molecule has 2 aromatic carbocycles. The maximum absolute atomic E-state index is 13.7. The number of benzene rings is 2. The van der Waals surface area contributed by atoms with Crippen molar-refractivity contribution in [2.75, 3.05) is 18.0 Å². The molecule has 0 unspecified atom stereocenters. The van der Waals surface area contributed by atoms with Crippen LogP contribution < -0.4 is 4.90 Å². The number of carbonyl (C=O) groups is 1. The van der Waals surface area contributed by atoms with Gasteiger partial charge in [0.05, 0.1) is 17.8 Å². The van der Waals surface area contributed by atoms with E-state index in [2.05, 4.69) is 0 Å². The van der Waals surface area contributed by atoms with Crippen LogP contribution in [0, 0.1) is 17.5 Å². The average Bonchev–Trinajstić information content (AvgIpc) is 2.48. The van der Waals surface area contributed by atoms with Crippen molar-refractivity contribution in [2.45, 2.75) is 6.92 Å². The Balaban J connectivity index is 2.25. The van der Waals surface area contributed by atoms with Gasteiger partial charge in [0.2, 0.25) is 0 Å². The van der Waals surface area contributed by atoms with Gasteiger partial charge in [-0.3, -0.25) is 4.79 Å². The third kappa shape index (κ3) is 3.42. The lowest BCUT2D eigenvalue weighted by atomic mass is 10.1. The van der Waals surface area contributed by atoms with E-state index in [0.29, 0.717) is 6.54 Å². The Labute approximate surface area is 120 Å². The second kappa shape index (κ2) is 6.43. The molecule has 2 aromatic rings. The summed E-state index contributed by atoms with van der Waals surface area (Å²) in [6, 6.07) is 8.71. The number of para-hydroxylation sites is 1. The fourth-order valence-corrected chi connectivity index (χ4v) is 2.05. The highest BCUT2D eigenvalue weighted by Gasteiger charge is 2.18. The van der Waals surface area contributed by atoms with Crippen LogP contribution in [-0.4, -0.2) is 18.9 Å². The normalized spacial score (nSPS) is 10.5. The Morgan fingerprint density at radius 1 is 1.05 bits per heavy atom. The first-order valence-electron chi connectivity index (χ1n) is 6.50. The summed E-state index contributed by atoms with van der Waals surface area (Å²) in [6.45, 7) is 1.89. The number of hydrogen-bond donors (Lipinski definition) is 0. The maximum atomic E-state index is 13.7. The van der Waals surface area contributed by atoms with Crippen molar-refractivity contribution in [3.8, 4) is 0 Å². The van der Waals surface area contributed by atoms with Crippen molar-refractivity contribution in [1.82, 2.24) is 0 Å². The molecule has 0 saturated heterocycles. The summed E-state index contributed by atoms with van der Waals surface area (Å²) >= 11 is 0. The molecule has 0 aliphatic heterocycles. The second-order valence-corrected chi connectivity index (χ2v) is 4.51. The van der Waals surface area contributed by atoms with Crippen molar-refractivity contribution >= 4 is 11.5 Å². The molecule has 0 spiro atoms. The van der Waals surface area contributed by atoms with Crippen LogP contribution in [0.25, 0.3) is 0 Å². The van der Waals surface area contributed by atoms with Crippen LogP contribution in [0.5, 0.6) is 0 Å². The minimum atomic E-state index is -0.786. The van der Waals surface area contributed by atoms with Gasteiger partial charge in [-0.15, -0.1) is 0 Å². The highest BCUT2D eigenvalue weighted by Crippen LogP contribution is 2.19. The van der Waals surface area contributed by atoms with Gasteiger partial charge >= 0.3 is 0 Å². The molecular weight excluding hydrogens is 279 g/mol. The van der Waals surface area contributed by atoms with E-state index >= 15 is 0 Å². The molecule has 0 fully saturated rings. The molecular formula is C16H14F3NO. The first kappa shape index (κ1) is 15.1. The maximum Gasteiger partial charge on any atom is 0.185 e. The molecule has 0 saturated carbocycles. The van der Waals surface area contributed by atoms with Crippen molar-refractivity contribution in [1.29, 1.82) is 0 Å². The molecule has 110 valence electrons. The molecule has 21 heavy (non-hydrogen) atoms. The van der Waals surface area contributed by atoms with Crippen LogP contribution >= 0.6 is 0 Å². The molecule has 0 aliphatic rings. The standard InChI is InChI=1S/C16H14F3NO/c1-2-20(15-6-4-3-5-14(15)19)10-16(21)12-9-11(17)7-8-13(12)18/h3-9H,2,10H2,1H3. The molecule has 5 heteroatoms. The van der Waals surface area contributed by atoms with E-state index < -0.39 is 23.2 Å². The largest absolute Gasteiger partial charge is 0.362 e. The van der Waals surface area contributed by atoms with Gasteiger partial charge in [-0.25, -0.2) is 13.2 Å². The SMILES string of the molecule is CCN(CC(=O)c1cc(F)ccc1F)c1ccccc1F. The number of nitrogens with zero attached hydrogens (tertiary/aromatic N) is 1. The number of ketones is 1. The van der Waals surface area contributed by atoms with Crippen molar-refractivity contribution in [3.05, 3.63) is 65.5 Å². The molecule has 0 aliphatic carbocycles. The molecule has 0 bridgehead atoms. The number of likely N-dealkylation sites (N-methyl/N-ethyl adjacent to an activating group) is 1. The van der Waals surface area contributed by atoms with Gasteiger partial charge in [-0.05, 0) is 37.3 Å². The fraction of sp³-hybridized carbons (Fsp3) is 0.188. The molecule has 0 amide bonds. The molecule has 2 nitrogen and oxygen atoms in total.